The van der Waals surface area contributed by atoms with Gasteiger partial charge in [-0.05, 0) is 17.7 Å². The van der Waals surface area contributed by atoms with Crippen molar-refractivity contribution in [1.29, 1.82) is 0 Å². The predicted molar refractivity (Wildman–Crippen MR) is 57.5 cm³/mol. The van der Waals surface area contributed by atoms with Crippen LogP contribution in [0.2, 0.25) is 0 Å². The Kier molecular flexibility index (Phi) is 3.98. The Morgan fingerprint density at radius 2 is 2.00 bits per heavy atom. The highest BCUT2D eigenvalue weighted by Gasteiger charge is 2.08. The van der Waals surface area contributed by atoms with Gasteiger partial charge in [0.05, 0.1) is 12.7 Å². The molecule has 0 heterocycles. The summed E-state index contributed by atoms with van der Waals surface area (Å²) >= 11 is 11.0. The molecule has 4 heteroatoms. The van der Waals surface area contributed by atoms with E-state index in [1.165, 1.54) is 13.2 Å². The van der Waals surface area contributed by atoms with Gasteiger partial charge in [-0.3, -0.25) is 0 Å². The number of methoxy groups -OCH3 is 1. The van der Waals surface area contributed by atoms with Gasteiger partial charge in [0.1, 0.15) is 4.49 Å². The van der Waals surface area contributed by atoms with Gasteiger partial charge in [-0.2, -0.15) is 0 Å². The highest BCUT2D eigenvalue weighted by Crippen LogP contribution is 2.17. The summed E-state index contributed by atoms with van der Waals surface area (Å²) in [5.41, 5.74) is 1.08. The number of esters is 1. The molecule has 1 aromatic rings. The molecule has 0 aromatic heterocycles. The normalized spacial score (nSPS) is 9.36. The molecule has 2 nitrogen and oxygen atoms in total. The zero-order chi connectivity index (χ0) is 10.6. The summed E-state index contributed by atoms with van der Waals surface area (Å²) in [6.45, 7) is 0. The van der Waals surface area contributed by atoms with Crippen molar-refractivity contribution in [1.82, 2.24) is 0 Å². The molecule has 0 aliphatic heterocycles. The van der Waals surface area contributed by atoms with Gasteiger partial charge in [-0.15, -0.1) is 0 Å². The van der Waals surface area contributed by atoms with E-state index < -0.39 is 5.97 Å². The number of benzene rings is 1. The van der Waals surface area contributed by atoms with E-state index in [9.17, 15) is 4.79 Å². The van der Waals surface area contributed by atoms with Crippen molar-refractivity contribution in [3.8, 4) is 0 Å². The van der Waals surface area contributed by atoms with Gasteiger partial charge < -0.3 is 4.74 Å². The third-order valence-corrected chi connectivity index (χ3v) is 1.85. The average molecular weight is 231 g/mol. The maximum absolute atomic E-state index is 11.3. The molecule has 74 valence electrons. The van der Waals surface area contributed by atoms with Crippen LogP contribution in [0.25, 0.3) is 6.08 Å². The van der Waals surface area contributed by atoms with Crippen molar-refractivity contribution >= 4 is 35.2 Å². The van der Waals surface area contributed by atoms with Crippen molar-refractivity contribution in [2.75, 3.05) is 7.11 Å². The lowest BCUT2D eigenvalue weighted by atomic mass is 10.1. The van der Waals surface area contributed by atoms with E-state index in [1.54, 1.807) is 24.3 Å². The first-order valence-corrected chi connectivity index (χ1v) is 4.61. The van der Waals surface area contributed by atoms with E-state index in [-0.39, 0.29) is 4.49 Å². The minimum absolute atomic E-state index is 0.0985. The standard InChI is InChI=1S/C10H8Cl2O2/c1-14-10(13)8-5-3-2-4-7(8)6-9(11)12/h2-6H,1H3. The maximum Gasteiger partial charge on any atom is 0.338 e. The van der Waals surface area contributed by atoms with Crippen LogP contribution in [0, 0.1) is 0 Å². The van der Waals surface area contributed by atoms with E-state index in [0.717, 1.165) is 0 Å². The lowest BCUT2D eigenvalue weighted by molar-refractivity contribution is 0.0600. The first kappa shape index (κ1) is 11.1. The Morgan fingerprint density at radius 3 is 2.57 bits per heavy atom. The largest absolute Gasteiger partial charge is 0.465 e. The molecular weight excluding hydrogens is 223 g/mol. The van der Waals surface area contributed by atoms with Gasteiger partial charge in [0.25, 0.3) is 0 Å². The van der Waals surface area contributed by atoms with Gasteiger partial charge >= 0.3 is 5.97 Å². The molecule has 0 saturated carbocycles. The second-order valence-corrected chi connectivity index (χ2v) is 3.52. The predicted octanol–water partition coefficient (Wildman–Crippen LogP) is 3.25. The fraction of sp³-hybridized carbons (Fsp3) is 0.100. The number of carbonyl (C=O) groups is 1. The molecule has 0 fully saturated rings. The molecule has 1 aromatic carbocycles. The molecule has 0 spiro atoms. The molecular formula is C10H8Cl2O2. The Balaban J connectivity index is 3.16. The summed E-state index contributed by atoms with van der Waals surface area (Å²) in [6, 6.07) is 6.91. The van der Waals surface area contributed by atoms with Crippen molar-refractivity contribution in [3.05, 3.63) is 39.9 Å². The van der Waals surface area contributed by atoms with Gasteiger partial charge in [-0.1, -0.05) is 41.4 Å². The molecule has 0 unspecified atom stereocenters. The van der Waals surface area contributed by atoms with Crippen LogP contribution in [-0.4, -0.2) is 13.1 Å². The molecule has 0 aliphatic rings. The third kappa shape index (κ3) is 2.76. The van der Waals surface area contributed by atoms with Crippen LogP contribution in [0.3, 0.4) is 0 Å². The topological polar surface area (TPSA) is 26.3 Å². The third-order valence-electron chi connectivity index (χ3n) is 1.63. The molecule has 0 radical (unpaired) electrons. The number of hydrogen-bond donors (Lipinski definition) is 0. The van der Waals surface area contributed by atoms with Crippen LogP contribution in [0.15, 0.2) is 28.8 Å². The lowest BCUT2D eigenvalue weighted by Gasteiger charge is -2.02. The van der Waals surface area contributed by atoms with Crippen LogP contribution >= 0.6 is 23.2 Å². The SMILES string of the molecule is COC(=O)c1ccccc1C=C(Cl)Cl. The summed E-state index contributed by atoms with van der Waals surface area (Å²) in [4.78, 5) is 11.3. The average Bonchev–Trinajstić information content (AvgIpc) is 2.16. The Morgan fingerprint density at radius 1 is 1.36 bits per heavy atom. The van der Waals surface area contributed by atoms with Gasteiger partial charge in [0.15, 0.2) is 0 Å². The Hall–Kier alpha value is -0.990. The minimum atomic E-state index is -0.411. The molecule has 0 saturated heterocycles. The van der Waals surface area contributed by atoms with Crippen molar-refractivity contribution < 1.29 is 9.53 Å². The second-order valence-electron chi connectivity index (χ2n) is 2.51. The van der Waals surface area contributed by atoms with E-state index in [0.29, 0.717) is 11.1 Å². The highest BCUT2D eigenvalue weighted by atomic mass is 35.5. The first-order valence-electron chi connectivity index (χ1n) is 3.85. The highest BCUT2D eigenvalue weighted by molar-refractivity contribution is 6.57. The smallest absolute Gasteiger partial charge is 0.338 e. The summed E-state index contributed by atoms with van der Waals surface area (Å²) in [5.74, 6) is -0.411. The van der Waals surface area contributed by atoms with Crippen molar-refractivity contribution in [2.45, 2.75) is 0 Å². The van der Waals surface area contributed by atoms with Crippen LogP contribution in [-0.2, 0) is 4.74 Å². The van der Waals surface area contributed by atoms with E-state index in [1.807, 2.05) is 0 Å². The molecule has 0 amide bonds. The lowest BCUT2D eigenvalue weighted by Crippen LogP contribution is -2.03. The quantitative estimate of drug-likeness (QED) is 0.730. The van der Waals surface area contributed by atoms with E-state index >= 15 is 0 Å². The number of ether oxygens (including phenoxy) is 1. The molecule has 0 bridgehead atoms. The molecule has 14 heavy (non-hydrogen) atoms. The van der Waals surface area contributed by atoms with E-state index in [2.05, 4.69) is 4.74 Å². The fourth-order valence-electron chi connectivity index (χ4n) is 1.04. The zero-order valence-corrected chi connectivity index (χ0v) is 8.97. The summed E-state index contributed by atoms with van der Waals surface area (Å²) in [6.07, 6.45) is 1.50. The van der Waals surface area contributed by atoms with Gasteiger partial charge in [0, 0.05) is 0 Å². The van der Waals surface area contributed by atoms with Crippen LogP contribution in [0.4, 0.5) is 0 Å². The number of rotatable bonds is 2. The summed E-state index contributed by atoms with van der Waals surface area (Å²) in [5, 5.41) is 0. The summed E-state index contributed by atoms with van der Waals surface area (Å²) < 4.78 is 4.70. The first-order chi connectivity index (χ1) is 6.65. The van der Waals surface area contributed by atoms with Crippen LogP contribution in [0.1, 0.15) is 15.9 Å². The monoisotopic (exact) mass is 230 g/mol. The number of halogens is 2. The number of hydrogen-bond acceptors (Lipinski definition) is 2. The van der Waals surface area contributed by atoms with Crippen molar-refractivity contribution in [3.63, 3.8) is 0 Å². The summed E-state index contributed by atoms with van der Waals surface area (Å²) in [7, 11) is 1.32. The Bertz CT molecular complexity index is 368. The second kappa shape index (κ2) is 5.03. The zero-order valence-electron chi connectivity index (χ0n) is 7.46. The Labute approximate surface area is 92.1 Å². The number of carbonyl (C=O) groups excluding carboxylic acids is 1. The molecule has 0 atom stereocenters. The molecule has 0 N–H and O–H groups in total. The van der Waals surface area contributed by atoms with E-state index in [4.69, 9.17) is 23.2 Å². The van der Waals surface area contributed by atoms with Crippen LogP contribution in [0.5, 0.6) is 0 Å². The van der Waals surface area contributed by atoms with Gasteiger partial charge in [0.2, 0.25) is 0 Å². The van der Waals surface area contributed by atoms with Gasteiger partial charge in [-0.25, -0.2) is 4.79 Å². The van der Waals surface area contributed by atoms with Crippen LogP contribution < -0.4 is 0 Å². The minimum Gasteiger partial charge on any atom is -0.465 e. The van der Waals surface area contributed by atoms with Crippen molar-refractivity contribution in [2.24, 2.45) is 0 Å². The molecule has 1 rings (SSSR count). The fourth-order valence-corrected chi connectivity index (χ4v) is 1.27. The maximum atomic E-state index is 11.3. The molecule has 0 aliphatic carbocycles.